The van der Waals surface area contributed by atoms with Crippen LogP contribution in [0.25, 0.3) is 0 Å². The predicted molar refractivity (Wildman–Crippen MR) is 59.8 cm³/mol. The summed E-state index contributed by atoms with van der Waals surface area (Å²) in [7, 11) is 0. The molecular formula is C11H23NO3. The normalized spacial score (nSPS) is 10.6. The van der Waals surface area contributed by atoms with Crippen molar-refractivity contribution in [2.45, 2.75) is 26.7 Å². The van der Waals surface area contributed by atoms with Crippen LogP contribution in [-0.4, -0.2) is 39.4 Å². The Labute approximate surface area is 92.3 Å². The van der Waals surface area contributed by atoms with Crippen molar-refractivity contribution >= 4 is 6.41 Å². The average Bonchev–Trinajstić information content (AvgIpc) is 2.20. The number of nitrogens with one attached hydrogen (secondary N) is 1. The summed E-state index contributed by atoms with van der Waals surface area (Å²) in [6.07, 6.45) is 3.00. The highest BCUT2D eigenvalue weighted by atomic mass is 16.5. The fourth-order valence-corrected chi connectivity index (χ4v) is 1.11. The van der Waals surface area contributed by atoms with Crippen LogP contribution < -0.4 is 5.32 Å². The molecule has 1 N–H and O–H groups in total. The van der Waals surface area contributed by atoms with E-state index in [0.717, 1.165) is 18.9 Å². The summed E-state index contributed by atoms with van der Waals surface area (Å²) >= 11 is 0. The van der Waals surface area contributed by atoms with Gasteiger partial charge in [0.1, 0.15) is 0 Å². The lowest BCUT2D eigenvalue weighted by atomic mass is 10.1. The second-order valence-corrected chi connectivity index (χ2v) is 3.83. The molecule has 0 atom stereocenters. The van der Waals surface area contributed by atoms with Gasteiger partial charge in [-0.25, -0.2) is 0 Å². The zero-order chi connectivity index (χ0) is 11.4. The summed E-state index contributed by atoms with van der Waals surface area (Å²) in [6, 6.07) is 0. The molecule has 0 aliphatic rings. The third kappa shape index (κ3) is 13.4. The Balaban J connectivity index is 2.89. The summed E-state index contributed by atoms with van der Waals surface area (Å²) in [5, 5.41) is 2.53. The Bertz CT molecular complexity index is 140. The van der Waals surface area contributed by atoms with E-state index in [4.69, 9.17) is 9.47 Å². The van der Waals surface area contributed by atoms with Gasteiger partial charge in [0.25, 0.3) is 0 Å². The second kappa shape index (κ2) is 11.5. The van der Waals surface area contributed by atoms with E-state index in [-0.39, 0.29) is 0 Å². The molecule has 15 heavy (non-hydrogen) atoms. The van der Waals surface area contributed by atoms with Crippen LogP contribution in [0.3, 0.4) is 0 Å². The van der Waals surface area contributed by atoms with Gasteiger partial charge in [0, 0.05) is 13.2 Å². The van der Waals surface area contributed by atoms with Crippen molar-refractivity contribution in [1.29, 1.82) is 0 Å². The standard InChI is InChI=1S/C11H23NO3/c1-11(2)4-3-6-14-8-9-15-7-5-12-10-13/h10-11H,3-9H2,1-2H3,(H,12,13). The highest BCUT2D eigenvalue weighted by Crippen LogP contribution is 2.02. The first-order valence-electron chi connectivity index (χ1n) is 5.60. The minimum absolute atomic E-state index is 0.550. The van der Waals surface area contributed by atoms with E-state index in [0.29, 0.717) is 32.8 Å². The SMILES string of the molecule is CC(C)CCCOCCOCCNC=O. The van der Waals surface area contributed by atoms with Gasteiger partial charge in [-0.05, 0) is 18.8 Å². The third-order valence-corrected chi connectivity index (χ3v) is 1.92. The Morgan fingerprint density at radius 1 is 1.13 bits per heavy atom. The van der Waals surface area contributed by atoms with Crippen LogP contribution in [0.2, 0.25) is 0 Å². The van der Waals surface area contributed by atoms with E-state index < -0.39 is 0 Å². The second-order valence-electron chi connectivity index (χ2n) is 3.83. The molecule has 0 aromatic heterocycles. The zero-order valence-electron chi connectivity index (χ0n) is 9.83. The molecular weight excluding hydrogens is 194 g/mol. The third-order valence-electron chi connectivity index (χ3n) is 1.92. The van der Waals surface area contributed by atoms with Crippen LogP contribution in [0, 0.1) is 5.92 Å². The molecule has 0 spiro atoms. The molecule has 90 valence electrons. The first kappa shape index (κ1) is 14.4. The summed E-state index contributed by atoms with van der Waals surface area (Å²) in [5.74, 6) is 0.749. The van der Waals surface area contributed by atoms with Gasteiger partial charge >= 0.3 is 0 Å². The van der Waals surface area contributed by atoms with E-state index >= 15 is 0 Å². The Morgan fingerprint density at radius 3 is 2.40 bits per heavy atom. The Morgan fingerprint density at radius 2 is 1.80 bits per heavy atom. The number of hydrogen-bond donors (Lipinski definition) is 1. The summed E-state index contributed by atoms with van der Waals surface area (Å²) in [6.45, 7) is 7.59. The lowest BCUT2D eigenvalue weighted by Crippen LogP contribution is -2.18. The van der Waals surface area contributed by atoms with Gasteiger partial charge in [0.15, 0.2) is 0 Å². The molecule has 0 rings (SSSR count). The number of amides is 1. The number of carbonyl (C=O) groups is 1. The van der Waals surface area contributed by atoms with Crippen LogP contribution in [0.1, 0.15) is 26.7 Å². The molecule has 4 heteroatoms. The quantitative estimate of drug-likeness (QED) is 0.418. The number of rotatable bonds is 11. The van der Waals surface area contributed by atoms with E-state index in [1.165, 1.54) is 6.42 Å². The van der Waals surface area contributed by atoms with E-state index in [9.17, 15) is 4.79 Å². The zero-order valence-corrected chi connectivity index (χ0v) is 9.83. The van der Waals surface area contributed by atoms with Crippen molar-refractivity contribution in [3.63, 3.8) is 0 Å². The van der Waals surface area contributed by atoms with Gasteiger partial charge in [-0.2, -0.15) is 0 Å². The van der Waals surface area contributed by atoms with Crippen molar-refractivity contribution in [1.82, 2.24) is 5.32 Å². The summed E-state index contributed by atoms with van der Waals surface area (Å²) in [4.78, 5) is 9.88. The lowest BCUT2D eigenvalue weighted by molar-refractivity contribution is -0.109. The molecule has 1 amide bonds. The van der Waals surface area contributed by atoms with Crippen LogP contribution in [-0.2, 0) is 14.3 Å². The maximum atomic E-state index is 9.88. The molecule has 0 fully saturated rings. The Hall–Kier alpha value is -0.610. The smallest absolute Gasteiger partial charge is 0.207 e. The predicted octanol–water partition coefficient (Wildman–Crippen LogP) is 1.20. The lowest BCUT2D eigenvalue weighted by Gasteiger charge is -2.06. The van der Waals surface area contributed by atoms with Gasteiger partial charge in [0.05, 0.1) is 19.8 Å². The van der Waals surface area contributed by atoms with Crippen LogP contribution in [0.5, 0.6) is 0 Å². The van der Waals surface area contributed by atoms with Gasteiger partial charge in [-0.1, -0.05) is 13.8 Å². The molecule has 4 nitrogen and oxygen atoms in total. The molecule has 0 radical (unpaired) electrons. The molecule has 0 aliphatic heterocycles. The number of carbonyl (C=O) groups excluding carboxylic acids is 1. The topological polar surface area (TPSA) is 47.6 Å². The Kier molecular flexibility index (Phi) is 11.0. The van der Waals surface area contributed by atoms with Gasteiger partial charge < -0.3 is 14.8 Å². The van der Waals surface area contributed by atoms with Gasteiger partial charge in [-0.15, -0.1) is 0 Å². The number of hydrogen-bond acceptors (Lipinski definition) is 3. The fraction of sp³-hybridized carbons (Fsp3) is 0.909. The molecule has 0 saturated carbocycles. The highest BCUT2D eigenvalue weighted by Gasteiger charge is 1.94. The van der Waals surface area contributed by atoms with Crippen molar-refractivity contribution in [2.24, 2.45) is 5.92 Å². The summed E-state index contributed by atoms with van der Waals surface area (Å²) in [5.41, 5.74) is 0. The van der Waals surface area contributed by atoms with Crippen molar-refractivity contribution in [2.75, 3.05) is 33.0 Å². The maximum Gasteiger partial charge on any atom is 0.207 e. The monoisotopic (exact) mass is 217 g/mol. The first-order chi connectivity index (χ1) is 7.27. The average molecular weight is 217 g/mol. The highest BCUT2D eigenvalue weighted by molar-refractivity contribution is 5.45. The van der Waals surface area contributed by atoms with Crippen LogP contribution in [0.4, 0.5) is 0 Å². The fourth-order valence-electron chi connectivity index (χ4n) is 1.11. The molecule has 0 bridgehead atoms. The first-order valence-corrected chi connectivity index (χ1v) is 5.60. The minimum Gasteiger partial charge on any atom is -0.379 e. The molecule has 0 aliphatic carbocycles. The minimum atomic E-state index is 0.550. The van der Waals surface area contributed by atoms with Gasteiger partial charge in [-0.3, -0.25) is 4.79 Å². The summed E-state index contributed by atoms with van der Waals surface area (Å²) < 4.78 is 10.6. The van der Waals surface area contributed by atoms with Crippen molar-refractivity contribution in [3.05, 3.63) is 0 Å². The van der Waals surface area contributed by atoms with Crippen molar-refractivity contribution in [3.8, 4) is 0 Å². The molecule has 0 heterocycles. The van der Waals surface area contributed by atoms with Gasteiger partial charge in [0.2, 0.25) is 6.41 Å². The van der Waals surface area contributed by atoms with Crippen LogP contribution in [0.15, 0.2) is 0 Å². The number of ether oxygens (including phenoxy) is 2. The van der Waals surface area contributed by atoms with E-state index in [1.54, 1.807) is 0 Å². The molecule has 0 saturated heterocycles. The maximum absolute atomic E-state index is 9.88. The van der Waals surface area contributed by atoms with E-state index in [1.807, 2.05) is 0 Å². The van der Waals surface area contributed by atoms with Crippen LogP contribution >= 0.6 is 0 Å². The van der Waals surface area contributed by atoms with E-state index in [2.05, 4.69) is 19.2 Å². The molecule has 0 aromatic carbocycles. The van der Waals surface area contributed by atoms with Crippen molar-refractivity contribution < 1.29 is 14.3 Å². The molecule has 0 unspecified atom stereocenters. The largest absolute Gasteiger partial charge is 0.379 e. The molecule has 0 aromatic rings.